The number of carbonyl (C=O) groups is 1. The third kappa shape index (κ3) is 2.63. The summed E-state index contributed by atoms with van der Waals surface area (Å²) in [6, 6.07) is 5.29. The molecule has 0 aliphatic rings. The molecule has 1 aromatic carbocycles. The van der Waals surface area contributed by atoms with Crippen molar-refractivity contribution in [2.45, 2.75) is 13.0 Å². The SMILES string of the molecule is CNC(C)C(=O)c1c[nH]c2ccc(Cl)cc12.Cl. The standard InChI is InChI=1S/C12H13ClN2O.ClH/c1-7(14-2)12(16)10-6-15-11-4-3-8(13)5-9(10)11;/h3-7,14-15H,1-2H3;1H. The molecule has 0 saturated carbocycles. The number of benzene rings is 1. The Labute approximate surface area is 111 Å². The van der Waals surface area contributed by atoms with Crippen molar-refractivity contribution in [3.63, 3.8) is 0 Å². The van der Waals surface area contributed by atoms with Crippen molar-refractivity contribution in [2.24, 2.45) is 0 Å². The number of aromatic amines is 1. The topological polar surface area (TPSA) is 44.9 Å². The van der Waals surface area contributed by atoms with Crippen molar-refractivity contribution >= 4 is 40.7 Å². The van der Waals surface area contributed by atoms with Gasteiger partial charge in [0, 0.05) is 27.7 Å². The predicted octanol–water partition coefficient (Wildman–Crippen LogP) is 3.03. The van der Waals surface area contributed by atoms with E-state index in [0.29, 0.717) is 10.6 Å². The van der Waals surface area contributed by atoms with Gasteiger partial charge in [-0.2, -0.15) is 0 Å². The summed E-state index contributed by atoms with van der Waals surface area (Å²) in [5, 5.41) is 4.45. The summed E-state index contributed by atoms with van der Waals surface area (Å²) in [7, 11) is 1.77. The Bertz CT molecular complexity index is 536. The maximum absolute atomic E-state index is 12.0. The van der Waals surface area contributed by atoms with Gasteiger partial charge >= 0.3 is 0 Å². The van der Waals surface area contributed by atoms with Gasteiger partial charge in [0.25, 0.3) is 0 Å². The lowest BCUT2D eigenvalue weighted by Gasteiger charge is -2.07. The van der Waals surface area contributed by atoms with Crippen molar-refractivity contribution in [1.82, 2.24) is 10.3 Å². The lowest BCUT2D eigenvalue weighted by atomic mass is 10.0. The minimum Gasteiger partial charge on any atom is -0.360 e. The van der Waals surface area contributed by atoms with E-state index in [1.807, 2.05) is 19.1 Å². The molecule has 0 radical (unpaired) electrons. The highest BCUT2D eigenvalue weighted by molar-refractivity contribution is 6.31. The number of H-pyrrole nitrogens is 1. The van der Waals surface area contributed by atoms with Crippen LogP contribution in [-0.2, 0) is 0 Å². The van der Waals surface area contributed by atoms with E-state index in [2.05, 4.69) is 10.3 Å². The van der Waals surface area contributed by atoms with Gasteiger partial charge in [0.15, 0.2) is 5.78 Å². The third-order valence-corrected chi connectivity index (χ3v) is 2.97. The first-order chi connectivity index (χ1) is 7.63. The number of likely N-dealkylation sites (N-methyl/N-ethyl adjacent to an activating group) is 1. The Morgan fingerprint density at radius 2 is 2.18 bits per heavy atom. The van der Waals surface area contributed by atoms with Gasteiger partial charge < -0.3 is 10.3 Å². The molecule has 2 rings (SSSR count). The molecular weight excluding hydrogens is 259 g/mol. The molecule has 0 bridgehead atoms. The number of carbonyl (C=O) groups excluding carboxylic acids is 1. The summed E-state index contributed by atoms with van der Waals surface area (Å²) in [5.41, 5.74) is 1.61. The smallest absolute Gasteiger partial charge is 0.181 e. The third-order valence-electron chi connectivity index (χ3n) is 2.74. The van der Waals surface area contributed by atoms with E-state index in [4.69, 9.17) is 11.6 Å². The van der Waals surface area contributed by atoms with Crippen LogP contribution in [-0.4, -0.2) is 23.9 Å². The summed E-state index contributed by atoms with van der Waals surface area (Å²) >= 11 is 5.92. The molecule has 1 aromatic heterocycles. The molecule has 0 aliphatic heterocycles. The zero-order chi connectivity index (χ0) is 11.7. The molecule has 1 unspecified atom stereocenters. The number of fused-ring (bicyclic) bond motifs is 1. The predicted molar refractivity (Wildman–Crippen MR) is 73.4 cm³/mol. The van der Waals surface area contributed by atoms with E-state index < -0.39 is 0 Å². The van der Waals surface area contributed by atoms with Crippen LogP contribution in [0.15, 0.2) is 24.4 Å². The highest BCUT2D eigenvalue weighted by Gasteiger charge is 2.17. The van der Waals surface area contributed by atoms with Crippen molar-refractivity contribution in [1.29, 1.82) is 0 Å². The van der Waals surface area contributed by atoms with E-state index in [0.717, 1.165) is 10.9 Å². The molecular formula is C12H14Cl2N2O. The minimum absolute atomic E-state index is 0. The molecule has 0 aliphatic carbocycles. The normalized spacial score (nSPS) is 12.2. The number of Topliss-reactive ketones (excluding diaryl/α,β-unsaturated/α-hetero) is 1. The van der Waals surface area contributed by atoms with E-state index >= 15 is 0 Å². The van der Waals surface area contributed by atoms with Gasteiger partial charge in [0.1, 0.15) is 0 Å². The Morgan fingerprint density at radius 1 is 1.47 bits per heavy atom. The van der Waals surface area contributed by atoms with Gasteiger partial charge in [-0.25, -0.2) is 0 Å². The van der Waals surface area contributed by atoms with Crippen LogP contribution in [0.1, 0.15) is 17.3 Å². The van der Waals surface area contributed by atoms with Gasteiger partial charge in [-0.1, -0.05) is 11.6 Å². The van der Waals surface area contributed by atoms with Crippen molar-refractivity contribution in [2.75, 3.05) is 7.05 Å². The van der Waals surface area contributed by atoms with E-state index in [1.165, 1.54) is 0 Å². The molecule has 92 valence electrons. The van der Waals surface area contributed by atoms with Gasteiger partial charge in [-0.05, 0) is 32.2 Å². The van der Waals surface area contributed by atoms with Crippen LogP contribution in [0.2, 0.25) is 5.02 Å². The summed E-state index contributed by atoms with van der Waals surface area (Å²) in [4.78, 5) is 15.1. The highest BCUT2D eigenvalue weighted by atomic mass is 35.5. The number of ketones is 1. The molecule has 2 aromatic rings. The van der Waals surface area contributed by atoms with Crippen LogP contribution in [0.5, 0.6) is 0 Å². The first-order valence-electron chi connectivity index (χ1n) is 5.11. The number of hydrogen-bond donors (Lipinski definition) is 2. The lowest BCUT2D eigenvalue weighted by molar-refractivity contribution is 0.0956. The second-order valence-corrected chi connectivity index (χ2v) is 4.20. The van der Waals surface area contributed by atoms with Crippen LogP contribution >= 0.6 is 24.0 Å². The Hall–Kier alpha value is -1.03. The molecule has 2 N–H and O–H groups in total. The average Bonchev–Trinajstić information content (AvgIpc) is 2.69. The van der Waals surface area contributed by atoms with Crippen LogP contribution in [0.4, 0.5) is 0 Å². The van der Waals surface area contributed by atoms with Crippen LogP contribution in [0, 0.1) is 0 Å². The van der Waals surface area contributed by atoms with Crippen LogP contribution < -0.4 is 5.32 Å². The van der Waals surface area contributed by atoms with Gasteiger partial charge in [-0.15, -0.1) is 12.4 Å². The van der Waals surface area contributed by atoms with Crippen molar-refractivity contribution < 1.29 is 4.79 Å². The zero-order valence-electron chi connectivity index (χ0n) is 9.58. The minimum atomic E-state index is -0.196. The second kappa shape index (κ2) is 5.54. The Balaban J connectivity index is 0.00000144. The summed E-state index contributed by atoms with van der Waals surface area (Å²) in [6.07, 6.45) is 1.73. The summed E-state index contributed by atoms with van der Waals surface area (Å²) in [5.74, 6) is 0.0658. The fourth-order valence-electron chi connectivity index (χ4n) is 1.66. The quantitative estimate of drug-likeness (QED) is 0.844. The zero-order valence-corrected chi connectivity index (χ0v) is 11.2. The second-order valence-electron chi connectivity index (χ2n) is 3.77. The fourth-order valence-corrected chi connectivity index (χ4v) is 1.83. The first-order valence-corrected chi connectivity index (χ1v) is 5.49. The largest absolute Gasteiger partial charge is 0.360 e. The average molecular weight is 273 g/mol. The number of rotatable bonds is 3. The maximum atomic E-state index is 12.0. The molecule has 0 fully saturated rings. The van der Waals surface area contributed by atoms with E-state index in [9.17, 15) is 4.79 Å². The molecule has 17 heavy (non-hydrogen) atoms. The molecule has 5 heteroatoms. The number of halogens is 2. The lowest BCUT2D eigenvalue weighted by Crippen LogP contribution is -2.30. The van der Waals surface area contributed by atoms with Gasteiger partial charge in [0.05, 0.1) is 6.04 Å². The summed E-state index contributed by atoms with van der Waals surface area (Å²) in [6.45, 7) is 1.84. The van der Waals surface area contributed by atoms with Crippen molar-refractivity contribution in [3.8, 4) is 0 Å². The molecule has 1 heterocycles. The van der Waals surface area contributed by atoms with Crippen LogP contribution in [0.25, 0.3) is 10.9 Å². The first kappa shape index (κ1) is 14.0. The molecule has 0 spiro atoms. The van der Waals surface area contributed by atoms with Gasteiger partial charge in [0.2, 0.25) is 0 Å². The Morgan fingerprint density at radius 3 is 2.82 bits per heavy atom. The van der Waals surface area contributed by atoms with Crippen LogP contribution in [0.3, 0.4) is 0 Å². The molecule has 0 amide bonds. The monoisotopic (exact) mass is 272 g/mol. The fraction of sp³-hybridized carbons (Fsp3) is 0.250. The maximum Gasteiger partial charge on any atom is 0.181 e. The van der Waals surface area contributed by atoms with E-state index in [-0.39, 0.29) is 24.2 Å². The number of hydrogen-bond acceptors (Lipinski definition) is 2. The van der Waals surface area contributed by atoms with Crippen molar-refractivity contribution in [3.05, 3.63) is 35.0 Å². The highest BCUT2D eigenvalue weighted by Crippen LogP contribution is 2.23. The molecule has 0 saturated heterocycles. The number of aromatic nitrogens is 1. The molecule has 1 atom stereocenters. The summed E-state index contributed by atoms with van der Waals surface area (Å²) < 4.78 is 0. The Kier molecular flexibility index (Phi) is 4.57. The number of nitrogens with one attached hydrogen (secondary N) is 2. The molecule has 3 nitrogen and oxygen atoms in total. The van der Waals surface area contributed by atoms with Gasteiger partial charge in [-0.3, -0.25) is 4.79 Å². The van der Waals surface area contributed by atoms with E-state index in [1.54, 1.807) is 19.3 Å².